The number of fused-ring (bicyclic) bond motifs is 1. The Kier molecular flexibility index (Phi) is 3.78. The number of imide groups is 1. The van der Waals surface area contributed by atoms with Gasteiger partial charge in [0.25, 0.3) is 5.91 Å². The summed E-state index contributed by atoms with van der Waals surface area (Å²) in [5, 5.41) is 8.87. The topological polar surface area (TPSA) is 101 Å². The molecule has 1 aromatic rings. The second-order valence-electron chi connectivity index (χ2n) is 4.30. The van der Waals surface area contributed by atoms with Gasteiger partial charge in [0.05, 0.1) is 23.8 Å². The predicted molar refractivity (Wildman–Crippen MR) is 68.3 cm³/mol. The number of sulfone groups is 1. The van der Waals surface area contributed by atoms with E-state index in [0.29, 0.717) is 10.5 Å². The van der Waals surface area contributed by atoms with Gasteiger partial charge >= 0.3 is 6.09 Å². The molecule has 20 heavy (non-hydrogen) atoms. The van der Waals surface area contributed by atoms with E-state index in [-0.39, 0.29) is 29.4 Å². The van der Waals surface area contributed by atoms with Crippen molar-refractivity contribution in [3.63, 3.8) is 0 Å². The average Bonchev–Trinajstić information content (AvgIpc) is 2.73. The number of nitrogens with zero attached hydrogens (tertiary/aromatic N) is 1. The molecule has 0 aromatic heterocycles. The van der Waals surface area contributed by atoms with Gasteiger partial charge in [-0.3, -0.25) is 4.79 Å². The minimum Gasteiger partial charge on any atom is -0.465 e. The number of hydrogen-bond acceptors (Lipinski definition) is 5. The Hall–Kier alpha value is -1.93. The molecule has 2 amide bonds. The molecule has 0 spiro atoms. The molecule has 1 N–H and O–H groups in total. The van der Waals surface area contributed by atoms with Gasteiger partial charge in [-0.05, 0) is 23.8 Å². The number of carbonyl (C=O) groups is 2. The maximum absolute atomic E-state index is 12.0. The van der Waals surface area contributed by atoms with E-state index in [0.717, 1.165) is 0 Å². The molecule has 1 aliphatic heterocycles. The SMILES string of the molecule is COCCS(=O)(=O)c1ccc2c(c1)CN(C(=O)O)C2=O. The Morgan fingerprint density at radius 1 is 1.45 bits per heavy atom. The molecule has 0 aliphatic carbocycles. The van der Waals surface area contributed by atoms with Crippen molar-refractivity contribution in [1.29, 1.82) is 0 Å². The molecule has 0 bridgehead atoms. The summed E-state index contributed by atoms with van der Waals surface area (Å²) in [6.07, 6.45) is -1.35. The van der Waals surface area contributed by atoms with Crippen molar-refractivity contribution in [1.82, 2.24) is 4.90 Å². The normalized spacial score (nSPS) is 14.4. The monoisotopic (exact) mass is 299 g/mol. The summed E-state index contributed by atoms with van der Waals surface area (Å²) in [6, 6.07) is 4.01. The molecular formula is C12H13NO6S. The number of amides is 2. The van der Waals surface area contributed by atoms with Gasteiger partial charge in [-0.25, -0.2) is 18.1 Å². The fraction of sp³-hybridized carbons (Fsp3) is 0.333. The summed E-state index contributed by atoms with van der Waals surface area (Å²) in [5.74, 6) is -0.799. The summed E-state index contributed by atoms with van der Waals surface area (Å²) in [7, 11) is -2.10. The highest BCUT2D eigenvalue weighted by Gasteiger charge is 2.32. The van der Waals surface area contributed by atoms with Crippen LogP contribution in [0.25, 0.3) is 0 Å². The first-order chi connectivity index (χ1) is 9.36. The number of methoxy groups -OCH3 is 1. The van der Waals surface area contributed by atoms with Crippen molar-refractivity contribution in [3.05, 3.63) is 29.3 Å². The summed E-state index contributed by atoms with van der Waals surface area (Å²) < 4.78 is 28.7. The minimum atomic E-state index is -3.50. The standard InChI is InChI=1S/C12H13NO6S/c1-19-4-5-20(17,18)9-2-3-10-8(6-9)7-13(11(10)14)12(15)16/h2-3,6H,4-5,7H2,1H3,(H,15,16). The lowest BCUT2D eigenvalue weighted by Crippen LogP contribution is -2.29. The van der Waals surface area contributed by atoms with E-state index in [9.17, 15) is 18.0 Å². The third-order valence-corrected chi connectivity index (χ3v) is 4.70. The molecule has 1 aromatic carbocycles. The summed E-state index contributed by atoms with van der Waals surface area (Å²) in [6.45, 7) is -0.0588. The Morgan fingerprint density at radius 3 is 2.75 bits per heavy atom. The number of benzene rings is 1. The zero-order chi connectivity index (χ0) is 14.9. The van der Waals surface area contributed by atoms with Crippen molar-refractivity contribution in [3.8, 4) is 0 Å². The first kappa shape index (κ1) is 14.5. The lowest BCUT2D eigenvalue weighted by molar-refractivity contribution is 0.0763. The van der Waals surface area contributed by atoms with Crippen LogP contribution >= 0.6 is 0 Å². The molecule has 7 nitrogen and oxygen atoms in total. The fourth-order valence-electron chi connectivity index (χ4n) is 1.96. The number of carbonyl (C=O) groups excluding carboxylic acids is 1. The highest BCUT2D eigenvalue weighted by molar-refractivity contribution is 7.91. The number of rotatable bonds is 4. The Balaban J connectivity index is 2.34. The molecule has 0 atom stereocenters. The van der Waals surface area contributed by atoms with Gasteiger partial charge in [0.1, 0.15) is 0 Å². The van der Waals surface area contributed by atoms with Crippen LogP contribution in [0, 0.1) is 0 Å². The second kappa shape index (κ2) is 5.22. The quantitative estimate of drug-likeness (QED) is 0.880. The van der Waals surface area contributed by atoms with Gasteiger partial charge in [-0.1, -0.05) is 0 Å². The second-order valence-corrected chi connectivity index (χ2v) is 6.41. The molecule has 0 saturated carbocycles. The molecule has 0 radical (unpaired) electrons. The van der Waals surface area contributed by atoms with Crippen molar-refractivity contribution < 1.29 is 27.9 Å². The molecule has 8 heteroatoms. The van der Waals surface area contributed by atoms with Gasteiger partial charge in [0, 0.05) is 12.7 Å². The Labute approximate surface area is 115 Å². The van der Waals surface area contributed by atoms with Crippen LogP contribution in [0.15, 0.2) is 23.1 Å². The van der Waals surface area contributed by atoms with E-state index in [4.69, 9.17) is 9.84 Å². The van der Waals surface area contributed by atoms with Gasteiger partial charge in [-0.15, -0.1) is 0 Å². The van der Waals surface area contributed by atoms with E-state index >= 15 is 0 Å². The van der Waals surface area contributed by atoms with Gasteiger partial charge < -0.3 is 9.84 Å². The van der Waals surface area contributed by atoms with Crippen LogP contribution in [0.2, 0.25) is 0 Å². The van der Waals surface area contributed by atoms with Crippen LogP contribution < -0.4 is 0 Å². The number of hydrogen-bond donors (Lipinski definition) is 1. The van der Waals surface area contributed by atoms with Crippen LogP contribution in [-0.4, -0.2) is 49.9 Å². The summed E-state index contributed by atoms with van der Waals surface area (Å²) in [4.78, 5) is 23.3. The molecule has 0 unspecified atom stereocenters. The van der Waals surface area contributed by atoms with Crippen LogP contribution in [0.3, 0.4) is 0 Å². The van der Waals surface area contributed by atoms with E-state index in [1.807, 2.05) is 0 Å². The Morgan fingerprint density at radius 2 is 2.15 bits per heavy atom. The smallest absolute Gasteiger partial charge is 0.414 e. The summed E-state index contributed by atoms with van der Waals surface area (Å²) >= 11 is 0. The zero-order valence-electron chi connectivity index (χ0n) is 10.7. The van der Waals surface area contributed by atoms with E-state index in [2.05, 4.69) is 0 Å². The van der Waals surface area contributed by atoms with Crippen LogP contribution in [-0.2, 0) is 21.1 Å². The van der Waals surface area contributed by atoms with E-state index in [1.165, 1.54) is 25.3 Å². The van der Waals surface area contributed by atoms with Crippen molar-refractivity contribution in [2.75, 3.05) is 19.5 Å². The Bertz CT molecular complexity index is 667. The number of ether oxygens (including phenoxy) is 1. The lowest BCUT2D eigenvalue weighted by Gasteiger charge is -2.06. The molecular weight excluding hydrogens is 286 g/mol. The molecule has 0 fully saturated rings. The molecule has 2 rings (SSSR count). The lowest BCUT2D eigenvalue weighted by atomic mass is 10.1. The maximum Gasteiger partial charge on any atom is 0.414 e. The van der Waals surface area contributed by atoms with Crippen LogP contribution in [0.1, 0.15) is 15.9 Å². The molecule has 1 aliphatic rings. The maximum atomic E-state index is 12.0. The predicted octanol–water partition coefficient (Wildman–Crippen LogP) is 0.741. The molecule has 0 saturated heterocycles. The van der Waals surface area contributed by atoms with Gasteiger partial charge in [0.15, 0.2) is 9.84 Å². The van der Waals surface area contributed by atoms with Crippen LogP contribution in [0.5, 0.6) is 0 Å². The van der Waals surface area contributed by atoms with E-state index in [1.54, 1.807) is 0 Å². The van der Waals surface area contributed by atoms with Gasteiger partial charge in [-0.2, -0.15) is 0 Å². The number of carboxylic acid groups (broad SMARTS) is 1. The average molecular weight is 299 g/mol. The molecule has 1 heterocycles. The van der Waals surface area contributed by atoms with E-state index < -0.39 is 21.8 Å². The van der Waals surface area contributed by atoms with Crippen LogP contribution in [0.4, 0.5) is 4.79 Å². The summed E-state index contributed by atoms with van der Waals surface area (Å²) in [5.41, 5.74) is 0.619. The first-order valence-electron chi connectivity index (χ1n) is 5.76. The third kappa shape index (κ3) is 2.52. The zero-order valence-corrected chi connectivity index (χ0v) is 11.5. The van der Waals surface area contributed by atoms with Crippen molar-refractivity contribution in [2.24, 2.45) is 0 Å². The highest BCUT2D eigenvalue weighted by atomic mass is 32.2. The van der Waals surface area contributed by atoms with Gasteiger partial charge in [0.2, 0.25) is 0 Å². The van der Waals surface area contributed by atoms with Crippen molar-refractivity contribution in [2.45, 2.75) is 11.4 Å². The minimum absolute atomic E-state index is 0.0633. The molecule has 108 valence electrons. The largest absolute Gasteiger partial charge is 0.465 e. The van der Waals surface area contributed by atoms with Crippen molar-refractivity contribution >= 4 is 21.8 Å². The fourth-order valence-corrected chi connectivity index (χ4v) is 3.17. The highest BCUT2D eigenvalue weighted by Crippen LogP contribution is 2.26. The third-order valence-electron chi connectivity index (χ3n) is 3.03. The first-order valence-corrected chi connectivity index (χ1v) is 7.41.